The Bertz CT molecular complexity index is 532. The van der Waals surface area contributed by atoms with Gasteiger partial charge in [-0.15, -0.1) is 0 Å². The molecule has 0 amide bonds. The van der Waals surface area contributed by atoms with Crippen LogP contribution in [0.25, 0.3) is 0 Å². The van der Waals surface area contributed by atoms with Gasteiger partial charge in [0.1, 0.15) is 36.7 Å². The van der Waals surface area contributed by atoms with Gasteiger partial charge in [0.05, 0.1) is 12.7 Å². The van der Waals surface area contributed by atoms with Crippen LogP contribution in [0.15, 0.2) is 5.11 Å². The van der Waals surface area contributed by atoms with E-state index in [1.807, 2.05) is 0 Å². The molecule has 2 rings (SSSR count). The van der Waals surface area contributed by atoms with E-state index in [0.29, 0.717) is 11.4 Å². The molecule has 0 aromatic heterocycles. The summed E-state index contributed by atoms with van der Waals surface area (Å²) in [6.45, 7) is -4.21. The van der Waals surface area contributed by atoms with Crippen LogP contribution >= 0.6 is 18.2 Å². The number of hydrogen-bond donors (Lipinski definition) is 5. The van der Waals surface area contributed by atoms with Crippen LogP contribution in [-0.2, 0) is 28.0 Å². The van der Waals surface area contributed by atoms with Crippen molar-refractivity contribution in [3.05, 3.63) is 0 Å². The van der Waals surface area contributed by atoms with Gasteiger partial charge < -0.3 is 39.8 Å². The lowest BCUT2D eigenvalue weighted by Gasteiger charge is -2.24. The van der Waals surface area contributed by atoms with E-state index in [2.05, 4.69) is 5.11 Å². The Hall–Kier alpha value is -0.180. The fourth-order valence-electron chi connectivity index (χ4n) is 2.80. The largest absolute Gasteiger partial charge is 0.387 e. The van der Waals surface area contributed by atoms with E-state index in [9.17, 15) is 19.7 Å². The summed E-state index contributed by atoms with van der Waals surface area (Å²) in [5.41, 5.74) is 12.6. The van der Waals surface area contributed by atoms with Crippen molar-refractivity contribution >= 4 is 18.2 Å². The average molecular weight is 417 g/mol. The van der Waals surface area contributed by atoms with E-state index < -0.39 is 55.9 Å². The molecule has 6 N–H and O–H groups in total. The van der Waals surface area contributed by atoms with Gasteiger partial charge in [-0.1, -0.05) is 0 Å². The van der Waals surface area contributed by atoms with Gasteiger partial charge >= 0.3 is 6.80 Å². The molecule has 0 aromatic rings. The van der Waals surface area contributed by atoms with Crippen LogP contribution in [0, 0.1) is 5.53 Å². The smallest absolute Gasteiger partial charge is 0.386 e. The highest BCUT2D eigenvalue weighted by molar-refractivity contribution is 8.54. The quantitative estimate of drug-likeness (QED) is 0.229. The second-order valence-corrected chi connectivity index (χ2v) is 9.70. The summed E-state index contributed by atoms with van der Waals surface area (Å²) in [5.74, 6) is -0.0694. The topological polar surface area (TPSA) is 186 Å². The van der Waals surface area contributed by atoms with Gasteiger partial charge in [-0.3, -0.25) is 4.52 Å². The Labute approximate surface area is 154 Å². The second kappa shape index (κ2) is 9.34. The molecule has 0 radical (unpaired) electrons. The number of nitrogens with zero attached hydrogens (tertiary/aromatic N) is 1. The van der Waals surface area contributed by atoms with Crippen molar-refractivity contribution in [2.75, 3.05) is 26.6 Å². The number of rotatable bonds is 9. The van der Waals surface area contributed by atoms with Crippen molar-refractivity contribution in [1.82, 2.24) is 0 Å². The Morgan fingerprint density at radius 2 is 1.92 bits per heavy atom. The Balaban J connectivity index is 1.96. The SMILES string of the molecule is COC[C@H]1O[C@@H](N)[C@@H](O)C1OP(=O)(O)SC[C@H]1O[C@@H](N=N)[C@@H](O)C1OC. The first-order chi connectivity index (χ1) is 12.2. The average Bonchev–Trinajstić information content (AvgIpc) is 3.04. The number of ether oxygens (including phenoxy) is 4. The maximum absolute atomic E-state index is 12.4. The molecule has 12 nitrogen and oxygen atoms in total. The summed E-state index contributed by atoms with van der Waals surface area (Å²) in [5, 5.41) is 23.1. The molecular weight excluding hydrogens is 393 g/mol. The third kappa shape index (κ3) is 5.00. The van der Waals surface area contributed by atoms with Crippen molar-refractivity contribution in [2.45, 2.75) is 49.1 Å². The highest BCUT2D eigenvalue weighted by atomic mass is 32.7. The Morgan fingerprint density at radius 1 is 1.23 bits per heavy atom. The van der Waals surface area contributed by atoms with Crippen LogP contribution in [0.1, 0.15) is 0 Å². The van der Waals surface area contributed by atoms with Gasteiger partial charge in [0.15, 0.2) is 6.23 Å². The molecular formula is C12H24N3O9PS. The summed E-state index contributed by atoms with van der Waals surface area (Å²) in [6.07, 6.45) is -8.13. The summed E-state index contributed by atoms with van der Waals surface area (Å²) in [6, 6.07) is 0. The van der Waals surface area contributed by atoms with E-state index in [-0.39, 0.29) is 12.4 Å². The minimum atomic E-state index is -4.23. The van der Waals surface area contributed by atoms with Crippen LogP contribution in [0.3, 0.4) is 0 Å². The molecule has 152 valence electrons. The van der Waals surface area contributed by atoms with Gasteiger partial charge in [-0.25, -0.2) is 10.1 Å². The zero-order chi connectivity index (χ0) is 19.5. The molecule has 2 saturated heterocycles. The first kappa shape index (κ1) is 22.1. The summed E-state index contributed by atoms with van der Waals surface area (Å²) in [7, 11) is 2.75. The van der Waals surface area contributed by atoms with Crippen molar-refractivity contribution in [3.63, 3.8) is 0 Å². The van der Waals surface area contributed by atoms with E-state index in [4.69, 9.17) is 34.7 Å². The molecule has 2 heterocycles. The number of aliphatic hydroxyl groups excluding tert-OH is 2. The second-order valence-electron chi connectivity index (χ2n) is 5.80. The highest BCUT2D eigenvalue weighted by Gasteiger charge is 2.48. The minimum absolute atomic E-state index is 0.0243. The van der Waals surface area contributed by atoms with Crippen LogP contribution in [0.4, 0.5) is 0 Å². The fourth-order valence-corrected chi connectivity index (χ4v) is 5.52. The third-order valence-corrected chi connectivity index (χ3v) is 7.07. The normalized spacial score (nSPS) is 42.7. The van der Waals surface area contributed by atoms with Crippen molar-refractivity contribution < 1.29 is 43.1 Å². The zero-order valence-corrected chi connectivity index (χ0v) is 15.9. The Morgan fingerprint density at radius 3 is 2.50 bits per heavy atom. The summed E-state index contributed by atoms with van der Waals surface area (Å²) < 4.78 is 38.2. The maximum atomic E-state index is 12.4. The lowest BCUT2D eigenvalue weighted by Crippen LogP contribution is -2.38. The van der Waals surface area contributed by atoms with Gasteiger partial charge in [0.25, 0.3) is 0 Å². The first-order valence-corrected chi connectivity index (χ1v) is 10.9. The molecule has 0 bridgehead atoms. The number of nitrogens with two attached hydrogens (primary N) is 1. The van der Waals surface area contributed by atoms with Crippen molar-refractivity contribution in [2.24, 2.45) is 10.8 Å². The molecule has 26 heavy (non-hydrogen) atoms. The first-order valence-electron chi connectivity index (χ1n) is 7.70. The molecule has 0 aliphatic carbocycles. The summed E-state index contributed by atoms with van der Waals surface area (Å²) >= 11 is 0.541. The third-order valence-electron chi connectivity index (χ3n) is 4.07. The van der Waals surface area contributed by atoms with E-state index >= 15 is 0 Å². The standard InChI is InChI=1S/C12H24N3O9PS/c1-20-3-5-10(7(16)11(13)22-5)24-25(18,19)26-4-6-9(21-2)8(17)12(15-14)23-6/h5-12,14,16-17H,3-4,13H2,1-2H3,(H,18,19)/t5-,6-,7+,8+,9?,10?,11-,12-/m1/s1. The number of hydrogen-bond acceptors (Lipinski definition) is 12. The van der Waals surface area contributed by atoms with E-state index in [0.717, 1.165) is 0 Å². The fraction of sp³-hybridized carbons (Fsp3) is 1.00. The van der Waals surface area contributed by atoms with E-state index in [1.165, 1.54) is 14.2 Å². The number of nitrogens with one attached hydrogen (secondary N) is 1. The van der Waals surface area contributed by atoms with Crippen LogP contribution in [-0.4, -0.2) is 90.8 Å². The van der Waals surface area contributed by atoms with Gasteiger partial charge in [-0.05, 0) is 11.4 Å². The predicted octanol–water partition coefficient (Wildman–Crippen LogP) is -0.972. The predicted molar refractivity (Wildman–Crippen MR) is 88.5 cm³/mol. The lowest BCUT2D eigenvalue weighted by molar-refractivity contribution is -0.0272. The van der Waals surface area contributed by atoms with Crippen LogP contribution in [0.2, 0.25) is 0 Å². The van der Waals surface area contributed by atoms with Crippen molar-refractivity contribution in [1.29, 1.82) is 5.53 Å². The Kier molecular flexibility index (Phi) is 7.95. The monoisotopic (exact) mass is 417 g/mol. The van der Waals surface area contributed by atoms with Gasteiger partial charge in [0, 0.05) is 20.0 Å². The zero-order valence-electron chi connectivity index (χ0n) is 14.2. The van der Waals surface area contributed by atoms with E-state index in [1.54, 1.807) is 0 Å². The number of methoxy groups -OCH3 is 2. The van der Waals surface area contributed by atoms with Gasteiger partial charge in [0.2, 0.25) is 0 Å². The molecule has 0 spiro atoms. The molecule has 2 aliphatic rings. The number of aliphatic hydroxyl groups is 2. The summed E-state index contributed by atoms with van der Waals surface area (Å²) in [4.78, 5) is 10.1. The van der Waals surface area contributed by atoms with Gasteiger partial charge in [-0.2, -0.15) is 5.11 Å². The molecule has 2 fully saturated rings. The molecule has 3 unspecified atom stereocenters. The minimum Gasteiger partial charge on any atom is -0.386 e. The lowest BCUT2D eigenvalue weighted by atomic mass is 10.1. The molecule has 9 atom stereocenters. The highest BCUT2D eigenvalue weighted by Crippen LogP contribution is 2.58. The molecule has 0 saturated carbocycles. The molecule has 14 heteroatoms. The maximum Gasteiger partial charge on any atom is 0.387 e. The van der Waals surface area contributed by atoms with Crippen LogP contribution < -0.4 is 5.73 Å². The molecule has 2 aliphatic heterocycles. The van der Waals surface area contributed by atoms with Crippen LogP contribution in [0.5, 0.6) is 0 Å². The molecule has 0 aromatic carbocycles. The van der Waals surface area contributed by atoms with Crippen molar-refractivity contribution in [3.8, 4) is 0 Å².